The van der Waals surface area contributed by atoms with Crippen LogP contribution in [0.2, 0.25) is 0 Å². The molecular weight excluding hydrogens is 215 g/mol. The van der Waals surface area contributed by atoms with Crippen molar-refractivity contribution in [1.82, 2.24) is 0 Å². The molecule has 5 unspecified atom stereocenters. The molecule has 1 saturated heterocycles. The molecule has 1 heterocycles. The smallest absolute Gasteiger partial charge is 0.200 e. The van der Waals surface area contributed by atoms with Crippen LogP contribution in [0.15, 0.2) is 0 Å². The van der Waals surface area contributed by atoms with Crippen molar-refractivity contribution in [2.45, 2.75) is 57.3 Å². The summed E-state index contributed by atoms with van der Waals surface area (Å²) in [5, 5.41) is 28.9. The highest BCUT2D eigenvalue weighted by Gasteiger charge is 2.54. The van der Waals surface area contributed by atoms with Crippen molar-refractivity contribution >= 4 is 0 Å². The summed E-state index contributed by atoms with van der Waals surface area (Å²) in [4.78, 5) is 0. The second-order valence-electron chi connectivity index (χ2n) is 4.85. The first-order chi connectivity index (χ1) is 7.27. The van der Waals surface area contributed by atoms with E-state index in [-0.39, 0.29) is 18.8 Å². The third kappa shape index (κ3) is 2.22. The van der Waals surface area contributed by atoms with Crippen molar-refractivity contribution in [3.63, 3.8) is 0 Å². The maximum absolute atomic E-state index is 14.2. The highest BCUT2D eigenvalue weighted by Crippen LogP contribution is 2.41. The molecule has 96 valence electrons. The van der Waals surface area contributed by atoms with E-state index in [0.717, 1.165) is 0 Å². The van der Waals surface area contributed by atoms with Crippen molar-refractivity contribution < 1.29 is 24.4 Å². The standard InChI is InChI=1S/C11H21FO4/c1-4-10(3,12)11(15)5-7(2)9(14)8(6-13)16-11/h7-9,13-15H,4-6H2,1-3H3. The molecule has 0 saturated carbocycles. The Morgan fingerprint density at radius 2 is 2.12 bits per heavy atom. The van der Waals surface area contributed by atoms with Crippen LogP contribution in [0.5, 0.6) is 0 Å². The lowest BCUT2D eigenvalue weighted by Crippen LogP contribution is -2.61. The molecule has 0 radical (unpaired) electrons. The normalized spacial score (nSPS) is 44.1. The van der Waals surface area contributed by atoms with Gasteiger partial charge in [0, 0.05) is 6.42 Å². The Morgan fingerprint density at radius 3 is 2.56 bits per heavy atom. The molecule has 1 aliphatic heterocycles. The minimum atomic E-state index is -1.94. The second kappa shape index (κ2) is 4.56. The van der Waals surface area contributed by atoms with Gasteiger partial charge in [-0.05, 0) is 19.3 Å². The zero-order chi connectivity index (χ0) is 12.6. The molecule has 5 heteroatoms. The molecule has 0 bridgehead atoms. The predicted molar refractivity (Wildman–Crippen MR) is 56.5 cm³/mol. The Balaban J connectivity index is 2.91. The van der Waals surface area contributed by atoms with Gasteiger partial charge in [-0.25, -0.2) is 4.39 Å². The van der Waals surface area contributed by atoms with Crippen molar-refractivity contribution in [2.24, 2.45) is 5.92 Å². The first-order valence-electron chi connectivity index (χ1n) is 5.65. The van der Waals surface area contributed by atoms with Gasteiger partial charge >= 0.3 is 0 Å². The van der Waals surface area contributed by atoms with Gasteiger partial charge in [-0.1, -0.05) is 13.8 Å². The Labute approximate surface area is 95.0 Å². The number of hydrogen-bond donors (Lipinski definition) is 3. The molecule has 1 rings (SSSR count). The summed E-state index contributed by atoms with van der Waals surface area (Å²) in [5.41, 5.74) is -1.89. The molecule has 1 fully saturated rings. The Bertz CT molecular complexity index is 246. The second-order valence-corrected chi connectivity index (χ2v) is 4.85. The van der Waals surface area contributed by atoms with Gasteiger partial charge in [0.1, 0.15) is 6.10 Å². The molecular formula is C11H21FO4. The van der Waals surface area contributed by atoms with E-state index < -0.39 is 30.3 Å². The molecule has 0 amide bonds. The lowest BCUT2D eigenvalue weighted by atomic mass is 9.81. The number of hydrogen-bond acceptors (Lipinski definition) is 4. The first kappa shape index (κ1) is 13.8. The fourth-order valence-corrected chi connectivity index (χ4v) is 2.05. The fraction of sp³-hybridized carbons (Fsp3) is 1.00. The molecule has 0 aliphatic carbocycles. The van der Waals surface area contributed by atoms with Crippen molar-refractivity contribution in [1.29, 1.82) is 0 Å². The van der Waals surface area contributed by atoms with Gasteiger partial charge < -0.3 is 20.1 Å². The summed E-state index contributed by atoms with van der Waals surface area (Å²) in [7, 11) is 0. The van der Waals surface area contributed by atoms with E-state index in [2.05, 4.69) is 0 Å². The molecule has 1 aliphatic rings. The van der Waals surface area contributed by atoms with E-state index in [1.165, 1.54) is 6.92 Å². The van der Waals surface area contributed by atoms with Crippen LogP contribution < -0.4 is 0 Å². The highest BCUT2D eigenvalue weighted by atomic mass is 19.1. The van der Waals surface area contributed by atoms with Gasteiger partial charge in [0.25, 0.3) is 0 Å². The lowest BCUT2D eigenvalue weighted by molar-refractivity contribution is -0.341. The molecule has 5 atom stereocenters. The van der Waals surface area contributed by atoms with E-state index >= 15 is 0 Å². The summed E-state index contributed by atoms with van der Waals surface area (Å²) in [5.74, 6) is -2.26. The Morgan fingerprint density at radius 1 is 1.56 bits per heavy atom. The first-order valence-corrected chi connectivity index (χ1v) is 5.65. The quantitative estimate of drug-likeness (QED) is 0.671. The number of ether oxygens (including phenoxy) is 1. The topological polar surface area (TPSA) is 69.9 Å². The van der Waals surface area contributed by atoms with E-state index in [1.54, 1.807) is 13.8 Å². The van der Waals surface area contributed by atoms with Crippen LogP contribution in [0.25, 0.3) is 0 Å². The molecule has 16 heavy (non-hydrogen) atoms. The van der Waals surface area contributed by atoms with Crippen molar-refractivity contribution in [3.8, 4) is 0 Å². The summed E-state index contributed by atoms with van der Waals surface area (Å²) >= 11 is 0. The van der Waals surface area contributed by atoms with Gasteiger partial charge in [-0.15, -0.1) is 0 Å². The zero-order valence-corrected chi connectivity index (χ0v) is 9.98. The molecule has 0 aromatic carbocycles. The van der Waals surface area contributed by atoms with Gasteiger partial charge in [-0.3, -0.25) is 0 Å². The van der Waals surface area contributed by atoms with Crippen LogP contribution in [0, 0.1) is 5.92 Å². The van der Waals surface area contributed by atoms with E-state index in [1.807, 2.05) is 0 Å². The van der Waals surface area contributed by atoms with Crippen molar-refractivity contribution in [2.75, 3.05) is 6.61 Å². The van der Waals surface area contributed by atoms with Gasteiger partial charge in [-0.2, -0.15) is 0 Å². The summed E-state index contributed by atoms with van der Waals surface area (Å²) in [6.45, 7) is 4.15. The Kier molecular flexibility index (Phi) is 3.95. The van der Waals surface area contributed by atoms with E-state index in [9.17, 15) is 14.6 Å². The zero-order valence-electron chi connectivity index (χ0n) is 9.98. The summed E-state index contributed by atoms with van der Waals surface area (Å²) < 4.78 is 19.3. The van der Waals surface area contributed by atoms with Gasteiger partial charge in [0.05, 0.1) is 12.7 Å². The largest absolute Gasteiger partial charge is 0.394 e. The molecule has 3 N–H and O–H groups in total. The minimum absolute atomic E-state index is 0.0194. The number of rotatable bonds is 3. The van der Waals surface area contributed by atoms with E-state index in [0.29, 0.717) is 0 Å². The van der Waals surface area contributed by atoms with Crippen LogP contribution in [0.1, 0.15) is 33.6 Å². The van der Waals surface area contributed by atoms with Crippen molar-refractivity contribution in [3.05, 3.63) is 0 Å². The highest BCUT2D eigenvalue weighted by molar-refractivity contribution is 4.97. The minimum Gasteiger partial charge on any atom is -0.394 e. The summed E-state index contributed by atoms with van der Waals surface area (Å²) in [6, 6.07) is 0. The van der Waals surface area contributed by atoms with Gasteiger partial charge in [0.15, 0.2) is 5.67 Å². The Hall–Kier alpha value is -0.230. The molecule has 0 spiro atoms. The number of alkyl halides is 1. The maximum atomic E-state index is 14.2. The van der Waals surface area contributed by atoms with Crippen LogP contribution in [0.3, 0.4) is 0 Å². The van der Waals surface area contributed by atoms with Gasteiger partial charge in [0.2, 0.25) is 5.79 Å². The SMILES string of the molecule is CCC(C)(F)C1(O)CC(C)C(O)C(CO)O1. The number of halogens is 1. The monoisotopic (exact) mass is 236 g/mol. The lowest BCUT2D eigenvalue weighted by Gasteiger charge is -2.47. The average molecular weight is 236 g/mol. The number of aliphatic hydroxyl groups excluding tert-OH is 2. The fourth-order valence-electron chi connectivity index (χ4n) is 2.05. The van der Waals surface area contributed by atoms with Crippen LogP contribution in [0.4, 0.5) is 4.39 Å². The molecule has 0 aromatic rings. The summed E-state index contributed by atoms with van der Waals surface area (Å²) in [6.07, 6.45) is -1.69. The van der Waals surface area contributed by atoms with Crippen LogP contribution in [-0.2, 0) is 4.74 Å². The number of aliphatic hydroxyl groups is 3. The van der Waals surface area contributed by atoms with E-state index in [4.69, 9.17) is 9.84 Å². The van der Waals surface area contributed by atoms with Crippen LogP contribution >= 0.6 is 0 Å². The third-order valence-electron chi connectivity index (χ3n) is 3.57. The average Bonchev–Trinajstić information content (AvgIpc) is 2.23. The molecule has 4 nitrogen and oxygen atoms in total. The predicted octanol–water partition coefficient (Wildman–Crippen LogP) is 0.591. The maximum Gasteiger partial charge on any atom is 0.200 e. The third-order valence-corrected chi connectivity index (χ3v) is 3.57. The molecule has 0 aromatic heterocycles. The van der Waals surface area contributed by atoms with Crippen LogP contribution in [-0.4, -0.2) is 45.6 Å².